The molecule has 0 aromatic heterocycles. The lowest BCUT2D eigenvalue weighted by atomic mass is 9.69. The highest BCUT2D eigenvalue weighted by atomic mass is 16.5. The summed E-state index contributed by atoms with van der Waals surface area (Å²) in [6.45, 7) is 6.78. The van der Waals surface area contributed by atoms with Gasteiger partial charge in [0.2, 0.25) is 0 Å². The highest BCUT2D eigenvalue weighted by molar-refractivity contribution is 5.66. The van der Waals surface area contributed by atoms with Gasteiger partial charge in [-0.25, -0.2) is 0 Å². The van der Waals surface area contributed by atoms with E-state index in [1.165, 1.54) is 56.1 Å². The highest BCUT2D eigenvalue weighted by Gasteiger charge is 2.29. The van der Waals surface area contributed by atoms with Crippen molar-refractivity contribution in [1.82, 2.24) is 0 Å². The SMILES string of the molecule is C=CC1CCC(C2CCc3cc(-c4ccc(OCC/C=C/C)cc4)ccc3C2)CC1. The molecule has 0 heterocycles. The molecule has 0 spiro atoms. The normalized spacial score (nSPS) is 23.8. The maximum Gasteiger partial charge on any atom is 0.119 e. The number of hydrogen-bond acceptors (Lipinski definition) is 1. The molecule has 1 nitrogen and oxygen atoms in total. The van der Waals surface area contributed by atoms with Gasteiger partial charge in [-0.3, -0.25) is 0 Å². The van der Waals surface area contributed by atoms with Crippen molar-refractivity contribution in [2.75, 3.05) is 6.61 Å². The van der Waals surface area contributed by atoms with Gasteiger partial charge in [0.1, 0.15) is 5.75 Å². The first kappa shape index (κ1) is 21.0. The summed E-state index contributed by atoms with van der Waals surface area (Å²) in [5.74, 6) is 3.53. The minimum Gasteiger partial charge on any atom is -0.493 e. The van der Waals surface area contributed by atoms with Crippen LogP contribution in [0.2, 0.25) is 0 Å². The van der Waals surface area contributed by atoms with Crippen LogP contribution >= 0.6 is 0 Å². The highest BCUT2D eigenvalue weighted by Crippen LogP contribution is 2.40. The largest absolute Gasteiger partial charge is 0.493 e. The molecule has 2 aromatic rings. The van der Waals surface area contributed by atoms with Crippen LogP contribution in [0.3, 0.4) is 0 Å². The van der Waals surface area contributed by atoms with E-state index in [9.17, 15) is 0 Å². The average Bonchev–Trinajstić information content (AvgIpc) is 2.81. The minimum absolute atomic E-state index is 0.735. The van der Waals surface area contributed by atoms with Crippen LogP contribution in [0.4, 0.5) is 0 Å². The van der Waals surface area contributed by atoms with E-state index < -0.39 is 0 Å². The molecule has 1 heteroatoms. The monoisotopic (exact) mass is 400 g/mol. The quantitative estimate of drug-likeness (QED) is 0.340. The number of rotatable bonds is 7. The Morgan fingerprint density at radius 1 is 0.900 bits per heavy atom. The molecule has 2 aliphatic carbocycles. The van der Waals surface area contributed by atoms with E-state index in [0.717, 1.165) is 36.5 Å². The van der Waals surface area contributed by atoms with Crippen molar-refractivity contribution in [3.63, 3.8) is 0 Å². The minimum atomic E-state index is 0.735. The van der Waals surface area contributed by atoms with Gasteiger partial charge in [0.05, 0.1) is 6.61 Å². The predicted octanol–water partition coefficient (Wildman–Crippen LogP) is 7.80. The molecular formula is C29H36O. The van der Waals surface area contributed by atoms with Crippen molar-refractivity contribution in [2.24, 2.45) is 17.8 Å². The third-order valence-electron chi connectivity index (χ3n) is 7.27. The van der Waals surface area contributed by atoms with Crippen LogP contribution in [0.5, 0.6) is 5.75 Å². The van der Waals surface area contributed by atoms with E-state index in [4.69, 9.17) is 4.74 Å². The zero-order valence-corrected chi connectivity index (χ0v) is 18.5. The van der Waals surface area contributed by atoms with Crippen LogP contribution in [0.1, 0.15) is 56.6 Å². The van der Waals surface area contributed by atoms with Crippen molar-refractivity contribution < 1.29 is 4.74 Å². The van der Waals surface area contributed by atoms with Crippen LogP contribution in [-0.4, -0.2) is 6.61 Å². The fourth-order valence-corrected chi connectivity index (χ4v) is 5.37. The number of allylic oxidation sites excluding steroid dienone is 2. The Labute approximate surface area is 182 Å². The number of hydrogen-bond donors (Lipinski definition) is 0. The van der Waals surface area contributed by atoms with Crippen molar-refractivity contribution in [1.29, 1.82) is 0 Å². The van der Waals surface area contributed by atoms with Crippen LogP contribution in [0, 0.1) is 17.8 Å². The van der Waals surface area contributed by atoms with Gasteiger partial charge in [-0.05, 0) is 110 Å². The van der Waals surface area contributed by atoms with E-state index in [1.54, 1.807) is 11.1 Å². The van der Waals surface area contributed by atoms with Gasteiger partial charge in [0.15, 0.2) is 0 Å². The molecule has 1 fully saturated rings. The summed E-state index contributed by atoms with van der Waals surface area (Å²) in [5.41, 5.74) is 5.77. The molecule has 1 atom stereocenters. The molecule has 0 aliphatic heterocycles. The summed E-state index contributed by atoms with van der Waals surface area (Å²) >= 11 is 0. The zero-order valence-electron chi connectivity index (χ0n) is 18.5. The first-order chi connectivity index (χ1) is 14.8. The maximum atomic E-state index is 5.82. The topological polar surface area (TPSA) is 9.23 Å². The van der Waals surface area contributed by atoms with E-state index in [2.05, 4.69) is 67.3 Å². The van der Waals surface area contributed by atoms with Crippen LogP contribution in [0.15, 0.2) is 67.3 Å². The van der Waals surface area contributed by atoms with E-state index in [1.807, 2.05) is 6.92 Å². The summed E-state index contributed by atoms with van der Waals surface area (Å²) in [5, 5.41) is 0. The lowest BCUT2D eigenvalue weighted by Crippen LogP contribution is -2.26. The van der Waals surface area contributed by atoms with Gasteiger partial charge >= 0.3 is 0 Å². The lowest BCUT2D eigenvalue weighted by molar-refractivity contribution is 0.206. The smallest absolute Gasteiger partial charge is 0.119 e. The molecule has 1 unspecified atom stereocenters. The van der Waals surface area contributed by atoms with Gasteiger partial charge in [-0.15, -0.1) is 6.58 Å². The Morgan fingerprint density at radius 2 is 1.67 bits per heavy atom. The van der Waals surface area contributed by atoms with E-state index in [-0.39, 0.29) is 0 Å². The fraction of sp³-hybridized carbons (Fsp3) is 0.448. The second-order valence-electron chi connectivity index (χ2n) is 9.13. The molecule has 4 rings (SSSR count). The van der Waals surface area contributed by atoms with Gasteiger partial charge in [0.25, 0.3) is 0 Å². The molecule has 0 radical (unpaired) electrons. The molecule has 2 aliphatic rings. The first-order valence-corrected chi connectivity index (χ1v) is 11.9. The first-order valence-electron chi connectivity index (χ1n) is 11.9. The second kappa shape index (κ2) is 10.2. The molecule has 158 valence electrons. The summed E-state index contributed by atoms with van der Waals surface area (Å²) in [6, 6.07) is 15.7. The molecular weight excluding hydrogens is 364 g/mol. The zero-order chi connectivity index (χ0) is 20.8. The molecule has 0 amide bonds. The summed E-state index contributed by atoms with van der Waals surface area (Å²) in [6.07, 6.45) is 16.7. The van der Waals surface area contributed by atoms with Crippen molar-refractivity contribution in [2.45, 2.75) is 58.3 Å². The van der Waals surface area contributed by atoms with Crippen molar-refractivity contribution in [3.8, 4) is 16.9 Å². The van der Waals surface area contributed by atoms with Crippen LogP contribution in [-0.2, 0) is 12.8 Å². The second-order valence-corrected chi connectivity index (χ2v) is 9.13. The van der Waals surface area contributed by atoms with E-state index >= 15 is 0 Å². The number of aryl methyl sites for hydroxylation is 1. The van der Waals surface area contributed by atoms with Gasteiger partial charge < -0.3 is 4.74 Å². The number of ether oxygens (including phenoxy) is 1. The van der Waals surface area contributed by atoms with Crippen LogP contribution in [0.25, 0.3) is 11.1 Å². The maximum absolute atomic E-state index is 5.82. The Morgan fingerprint density at radius 3 is 2.40 bits per heavy atom. The standard InChI is InChI=1S/C29H36O/c1-3-5-6-19-30-29-17-15-24(16-18-29)26-12-14-27-20-25(11-13-28(27)21-26)23-9-7-22(4-2)8-10-23/h3-5,12,14-18,21-23,25H,2,6-11,13,19-20H2,1H3/b5-3+. The third kappa shape index (κ3) is 5.06. The Balaban J connectivity index is 1.37. The van der Waals surface area contributed by atoms with Crippen molar-refractivity contribution >= 4 is 0 Å². The predicted molar refractivity (Wildman–Crippen MR) is 128 cm³/mol. The van der Waals surface area contributed by atoms with E-state index in [0.29, 0.717) is 0 Å². The molecule has 0 bridgehead atoms. The molecule has 1 saturated carbocycles. The molecule has 2 aromatic carbocycles. The lowest BCUT2D eigenvalue weighted by Gasteiger charge is -2.36. The number of benzene rings is 2. The molecule has 30 heavy (non-hydrogen) atoms. The Bertz CT molecular complexity index is 852. The molecule has 0 saturated heterocycles. The van der Waals surface area contributed by atoms with Crippen molar-refractivity contribution in [3.05, 3.63) is 78.4 Å². The van der Waals surface area contributed by atoms with Gasteiger partial charge in [0, 0.05) is 0 Å². The average molecular weight is 401 g/mol. The number of fused-ring (bicyclic) bond motifs is 1. The summed E-state index contributed by atoms with van der Waals surface area (Å²) in [4.78, 5) is 0. The van der Waals surface area contributed by atoms with Crippen LogP contribution < -0.4 is 4.74 Å². The summed E-state index contributed by atoms with van der Waals surface area (Å²) in [7, 11) is 0. The van der Waals surface area contributed by atoms with Gasteiger partial charge in [-0.2, -0.15) is 0 Å². The Hall–Kier alpha value is -2.28. The fourth-order valence-electron chi connectivity index (χ4n) is 5.37. The summed E-state index contributed by atoms with van der Waals surface area (Å²) < 4.78 is 5.82. The third-order valence-corrected chi connectivity index (χ3v) is 7.27. The molecule has 0 N–H and O–H groups in total. The Kier molecular flexibility index (Phi) is 7.10. The van der Waals surface area contributed by atoms with Gasteiger partial charge in [-0.1, -0.05) is 48.6 Å².